The van der Waals surface area contributed by atoms with Gasteiger partial charge in [0.25, 0.3) is 0 Å². The van der Waals surface area contributed by atoms with Gasteiger partial charge in [-0.3, -0.25) is 10.3 Å². The molecule has 0 amide bonds. The van der Waals surface area contributed by atoms with Crippen LogP contribution >= 0.6 is 0 Å². The van der Waals surface area contributed by atoms with E-state index < -0.39 is 0 Å². The molecule has 0 spiro atoms. The Hall–Kier alpha value is -1.39. The fraction of sp³-hybridized carbons (Fsp3) is 0.562. The molecule has 110 valence electrons. The van der Waals surface area contributed by atoms with Crippen molar-refractivity contribution in [3.05, 3.63) is 35.9 Å². The van der Waals surface area contributed by atoms with Crippen LogP contribution in [0.4, 0.5) is 0 Å². The van der Waals surface area contributed by atoms with Crippen LogP contribution in [0.3, 0.4) is 0 Å². The second-order valence-electron chi connectivity index (χ2n) is 6.12. The smallest absolute Gasteiger partial charge is 0.0924 e. The lowest BCUT2D eigenvalue weighted by molar-refractivity contribution is 0.219. The van der Waals surface area contributed by atoms with Gasteiger partial charge in [0.05, 0.1) is 5.84 Å². The summed E-state index contributed by atoms with van der Waals surface area (Å²) >= 11 is 0. The van der Waals surface area contributed by atoms with Gasteiger partial charge >= 0.3 is 0 Å². The normalized spacial score (nSPS) is 25.0. The highest BCUT2D eigenvalue weighted by atomic mass is 15.3. The highest BCUT2D eigenvalue weighted by Gasteiger charge is 2.35. The average Bonchev–Trinajstić information content (AvgIpc) is 2.79. The van der Waals surface area contributed by atoms with Gasteiger partial charge in [0, 0.05) is 31.6 Å². The van der Waals surface area contributed by atoms with E-state index in [9.17, 15) is 0 Å². The number of rotatable bonds is 5. The fourth-order valence-corrected chi connectivity index (χ4v) is 3.25. The standard InChI is InChI=1S/C16H26N4/c1-12-10-20(11-15(12)19(2)3)14(9-16(17)18)13-7-5-4-6-8-13/h4-8,12,14-15H,9-11H2,1-3H3,(H3,17,18). The molecule has 1 fully saturated rings. The monoisotopic (exact) mass is 274 g/mol. The van der Waals surface area contributed by atoms with Gasteiger partial charge in [-0.15, -0.1) is 0 Å². The summed E-state index contributed by atoms with van der Waals surface area (Å²) in [5.74, 6) is 0.906. The van der Waals surface area contributed by atoms with Gasteiger partial charge in [-0.25, -0.2) is 0 Å². The van der Waals surface area contributed by atoms with Crippen LogP contribution in [0.15, 0.2) is 30.3 Å². The van der Waals surface area contributed by atoms with Gasteiger partial charge in [-0.2, -0.15) is 0 Å². The summed E-state index contributed by atoms with van der Waals surface area (Å²) in [6.07, 6.45) is 0.608. The summed E-state index contributed by atoms with van der Waals surface area (Å²) in [4.78, 5) is 4.78. The van der Waals surface area contributed by atoms with Crippen LogP contribution in [0.2, 0.25) is 0 Å². The average molecular weight is 274 g/mol. The van der Waals surface area contributed by atoms with E-state index in [0.29, 0.717) is 18.4 Å². The van der Waals surface area contributed by atoms with Crippen LogP contribution in [0, 0.1) is 11.3 Å². The third kappa shape index (κ3) is 3.38. The first-order valence-electron chi connectivity index (χ1n) is 7.27. The number of hydrogen-bond donors (Lipinski definition) is 2. The van der Waals surface area contributed by atoms with Crippen LogP contribution in [-0.4, -0.2) is 48.9 Å². The molecule has 2 rings (SSSR count). The molecule has 3 atom stereocenters. The van der Waals surface area contributed by atoms with Gasteiger partial charge < -0.3 is 10.6 Å². The molecule has 1 aromatic rings. The number of nitrogens with one attached hydrogen (secondary N) is 1. The second kappa shape index (κ2) is 6.37. The van der Waals surface area contributed by atoms with E-state index in [1.807, 2.05) is 6.07 Å². The van der Waals surface area contributed by atoms with E-state index in [0.717, 1.165) is 13.1 Å². The minimum atomic E-state index is 0.223. The maximum absolute atomic E-state index is 7.66. The van der Waals surface area contributed by atoms with Gasteiger partial charge in [-0.1, -0.05) is 37.3 Å². The number of hydrogen-bond acceptors (Lipinski definition) is 3. The highest BCUT2D eigenvalue weighted by molar-refractivity contribution is 5.77. The molecule has 1 aromatic carbocycles. The molecule has 1 aliphatic heterocycles. The van der Waals surface area contributed by atoms with Gasteiger partial charge in [0.2, 0.25) is 0 Å². The zero-order chi connectivity index (χ0) is 14.7. The SMILES string of the molecule is CC1CN(C(CC(=N)N)c2ccccc2)CC1N(C)C. The van der Waals surface area contributed by atoms with Gasteiger partial charge in [-0.05, 0) is 25.6 Å². The molecule has 1 heterocycles. The number of nitrogens with two attached hydrogens (primary N) is 1. The lowest BCUT2D eigenvalue weighted by Crippen LogP contribution is -2.35. The highest BCUT2D eigenvalue weighted by Crippen LogP contribution is 2.31. The topological polar surface area (TPSA) is 56.4 Å². The summed E-state index contributed by atoms with van der Waals surface area (Å²) in [7, 11) is 4.29. The van der Waals surface area contributed by atoms with Crippen molar-refractivity contribution in [1.29, 1.82) is 5.41 Å². The van der Waals surface area contributed by atoms with Crippen LogP contribution in [0.1, 0.15) is 24.9 Å². The van der Waals surface area contributed by atoms with Crippen LogP contribution in [-0.2, 0) is 0 Å². The summed E-state index contributed by atoms with van der Waals surface area (Å²) < 4.78 is 0. The van der Waals surface area contributed by atoms with Gasteiger partial charge in [0.15, 0.2) is 0 Å². The zero-order valence-electron chi connectivity index (χ0n) is 12.7. The van der Waals surface area contributed by atoms with Crippen molar-refractivity contribution in [2.24, 2.45) is 11.7 Å². The predicted octanol–water partition coefficient (Wildman–Crippen LogP) is 1.94. The fourth-order valence-electron chi connectivity index (χ4n) is 3.25. The summed E-state index contributed by atoms with van der Waals surface area (Å²) in [5, 5.41) is 7.66. The number of benzene rings is 1. The van der Waals surface area contributed by atoms with E-state index in [1.165, 1.54) is 5.56 Å². The quantitative estimate of drug-likeness (QED) is 0.637. The molecule has 0 aromatic heterocycles. The van der Waals surface area contributed by atoms with E-state index >= 15 is 0 Å². The molecule has 4 heteroatoms. The molecule has 0 aliphatic carbocycles. The largest absolute Gasteiger partial charge is 0.388 e. The summed E-state index contributed by atoms with van der Waals surface area (Å²) in [6.45, 7) is 4.41. The Morgan fingerprint density at radius 3 is 2.50 bits per heavy atom. The Morgan fingerprint density at radius 2 is 2.00 bits per heavy atom. The van der Waals surface area contributed by atoms with Crippen LogP contribution in [0.5, 0.6) is 0 Å². The molecule has 1 saturated heterocycles. The van der Waals surface area contributed by atoms with Crippen molar-refractivity contribution < 1.29 is 0 Å². The Balaban J connectivity index is 2.18. The molecule has 4 nitrogen and oxygen atoms in total. The maximum atomic E-state index is 7.66. The number of likely N-dealkylation sites (tertiary alicyclic amines) is 1. The lowest BCUT2D eigenvalue weighted by atomic mass is 10.0. The molecule has 0 radical (unpaired) electrons. The van der Waals surface area contributed by atoms with E-state index in [-0.39, 0.29) is 11.9 Å². The first kappa shape index (κ1) is 15.0. The van der Waals surface area contributed by atoms with E-state index in [1.54, 1.807) is 0 Å². The molecule has 0 bridgehead atoms. The predicted molar refractivity (Wildman–Crippen MR) is 83.9 cm³/mol. The molecule has 0 saturated carbocycles. The molecule has 1 aliphatic rings. The Kier molecular flexibility index (Phi) is 4.78. The van der Waals surface area contributed by atoms with Crippen molar-refractivity contribution in [2.75, 3.05) is 27.2 Å². The molecular weight excluding hydrogens is 248 g/mol. The minimum absolute atomic E-state index is 0.223. The third-order valence-corrected chi connectivity index (χ3v) is 4.30. The third-order valence-electron chi connectivity index (χ3n) is 4.30. The zero-order valence-corrected chi connectivity index (χ0v) is 12.7. The minimum Gasteiger partial charge on any atom is -0.388 e. The second-order valence-corrected chi connectivity index (χ2v) is 6.12. The van der Waals surface area contributed by atoms with Crippen LogP contribution in [0.25, 0.3) is 0 Å². The lowest BCUT2D eigenvalue weighted by Gasteiger charge is -2.29. The number of amidine groups is 1. The molecule has 3 unspecified atom stereocenters. The number of nitrogens with zero attached hydrogens (tertiary/aromatic N) is 2. The first-order chi connectivity index (χ1) is 9.49. The summed E-state index contributed by atoms with van der Waals surface area (Å²) in [6, 6.07) is 11.2. The first-order valence-corrected chi connectivity index (χ1v) is 7.27. The molecular formula is C16H26N4. The van der Waals surface area contributed by atoms with Crippen molar-refractivity contribution in [3.8, 4) is 0 Å². The Morgan fingerprint density at radius 1 is 1.35 bits per heavy atom. The van der Waals surface area contributed by atoms with Crippen LogP contribution < -0.4 is 5.73 Å². The molecule has 3 N–H and O–H groups in total. The van der Waals surface area contributed by atoms with Crippen molar-refractivity contribution >= 4 is 5.84 Å². The molecule has 20 heavy (non-hydrogen) atoms. The maximum Gasteiger partial charge on any atom is 0.0924 e. The Labute approximate surface area is 122 Å². The number of likely N-dealkylation sites (N-methyl/N-ethyl adjacent to an activating group) is 1. The van der Waals surface area contributed by atoms with E-state index in [2.05, 4.69) is 55.1 Å². The summed E-state index contributed by atoms with van der Waals surface area (Å²) in [5.41, 5.74) is 6.93. The van der Waals surface area contributed by atoms with Crippen molar-refractivity contribution in [3.63, 3.8) is 0 Å². The van der Waals surface area contributed by atoms with Gasteiger partial charge in [0.1, 0.15) is 0 Å². The van der Waals surface area contributed by atoms with Crippen molar-refractivity contribution in [1.82, 2.24) is 9.80 Å². The Bertz CT molecular complexity index is 443. The van der Waals surface area contributed by atoms with Crippen molar-refractivity contribution in [2.45, 2.75) is 25.4 Å². The van der Waals surface area contributed by atoms with E-state index in [4.69, 9.17) is 11.1 Å².